The summed E-state index contributed by atoms with van der Waals surface area (Å²) in [6.07, 6.45) is 13.5. The van der Waals surface area contributed by atoms with Crippen LogP contribution in [0.3, 0.4) is 0 Å². The molecule has 3 aromatic rings. The average molecular weight is 877 g/mol. The van der Waals surface area contributed by atoms with Crippen molar-refractivity contribution in [3.8, 4) is 28.7 Å². The summed E-state index contributed by atoms with van der Waals surface area (Å²) in [5.74, 6) is 0.888. The van der Waals surface area contributed by atoms with Gasteiger partial charge in [-0.25, -0.2) is 0 Å². The molecular weight excluding hydrogens is 817 g/mol. The number of allylic oxidation sites excluding steroid dienone is 1. The Bertz CT molecular complexity index is 2220. The number of unbranched alkanes of at least 4 members (excludes halogenated alkanes) is 2. The second-order valence-electron chi connectivity index (χ2n) is 17.9. The van der Waals surface area contributed by atoms with Crippen LogP contribution >= 0.6 is 0 Å². The van der Waals surface area contributed by atoms with Crippen LogP contribution in [0.4, 0.5) is 0 Å². The summed E-state index contributed by atoms with van der Waals surface area (Å²) >= 11 is 0. The van der Waals surface area contributed by atoms with Gasteiger partial charge in [0.2, 0.25) is 24.8 Å². The molecule has 340 valence electrons. The minimum Gasteiger partial charge on any atom is -0.459 e. The van der Waals surface area contributed by atoms with Crippen LogP contribution in [0.5, 0.6) is 28.7 Å². The van der Waals surface area contributed by atoms with Crippen LogP contribution in [0.2, 0.25) is 0 Å². The third-order valence-electron chi connectivity index (χ3n) is 13.7. The van der Waals surface area contributed by atoms with Gasteiger partial charge in [0.15, 0.2) is 11.5 Å². The van der Waals surface area contributed by atoms with E-state index in [0.717, 1.165) is 86.5 Å². The molecular formula is C51H60N2O11. The molecule has 2 saturated carbocycles. The van der Waals surface area contributed by atoms with Gasteiger partial charge in [-0.05, 0) is 117 Å². The molecule has 0 radical (unpaired) electrons. The molecule has 9 rings (SSSR count). The average Bonchev–Trinajstić information content (AvgIpc) is 4.07. The van der Waals surface area contributed by atoms with Crippen molar-refractivity contribution in [2.75, 3.05) is 33.2 Å². The number of fused-ring (bicyclic) bond motifs is 3. The summed E-state index contributed by atoms with van der Waals surface area (Å²) in [4.78, 5) is 35.0. The van der Waals surface area contributed by atoms with Crippen LogP contribution in [-0.4, -0.2) is 84.4 Å². The number of nitrogens with zero attached hydrogens (tertiary/aromatic N) is 2. The van der Waals surface area contributed by atoms with Gasteiger partial charge in [0.1, 0.15) is 29.6 Å². The van der Waals surface area contributed by atoms with Crippen LogP contribution in [-0.2, 0) is 25.7 Å². The van der Waals surface area contributed by atoms with Crippen molar-refractivity contribution in [2.24, 2.45) is 28.8 Å². The van der Waals surface area contributed by atoms with Gasteiger partial charge in [-0.1, -0.05) is 48.3 Å². The lowest BCUT2D eigenvalue weighted by molar-refractivity contribution is -0.258. The highest BCUT2D eigenvalue weighted by molar-refractivity contribution is 6.03. The lowest BCUT2D eigenvalue weighted by Crippen LogP contribution is -2.70. The van der Waals surface area contributed by atoms with E-state index in [0.29, 0.717) is 53.8 Å². The Hall–Kier alpha value is -5.21. The van der Waals surface area contributed by atoms with Crippen LogP contribution in [0.1, 0.15) is 104 Å². The molecule has 0 aromatic heterocycles. The number of amides is 1. The fourth-order valence-electron chi connectivity index (χ4n) is 10.6. The maximum absolute atomic E-state index is 15.0. The summed E-state index contributed by atoms with van der Waals surface area (Å²) < 4.78 is 38.6. The zero-order chi connectivity index (χ0) is 44.0. The molecule has 7 atom stereocenters. The molecule has 64 heavy (non-hydrogen) atoms. The number of aliphatic hydroxyl groups excluding tert-OH is 2. The van der Waals surface area contributed by atoms with Gasteiger partial charge < -0.3 is 48.4 Å². The summed E-state index contributed by atoms with van der Waals surface area (Å²) in [5, 5.41) is 25.0. The number of rotatable bonds is 20. The van der Waals surface area contributed by atoms with Crippen molar-refractivity contribution >= 4 is 17.9 Å². The number of carbonyl (C=O) groups excluding carboxylic acids is 2. The predicted molar refractivity (Wildman–Crippen MR) is 237 cm³/mol. The Kier molecular flexibility index (Phi) is 13.7. The Balaban J connectivity index is 1.23. The number of benzene rings is 3. The van der Waals surface area contributed by atoms with E-state index in [1.807, 2.05) is 47.4 Å². The van der Waals surface area contributed by atoms with Gasteiger partial charge in [-0.3, -0.25) is 9.59 Å². The van der Waals surface area contributed by atoms with E-state index in [1.54, 1.807) is 24.3 Å². The molecule has 3 aromatic carbocycles. The second kappa shape index (κ2) is 19.9. The third kappa shape index (κ3) is 9.18. The maximum atomic E-state index is 15.0. The minimum atomic E-state index is -1.41. The predicted octanol–water partition coefficient (Wildman–Crippen LogP) is 8.62. The second-order valence-corrected chi connectivity index (χ2v) is 17.9. The lowest BCUT2D eigenvalue weighted by Gasteiger charge is -2.60. The van der Waals surface area contributed by atoms with Gasteiger partial charge in [0, 0.05) is 55.6 Å². The molecule has 3 heterocycles. The number of aliphatic hydroxyl groups is 2. The number of hydrogen-bond donors (Lipinski definition) is 2. The fraction of sp³-hybridized carbons (Fsp3) is 0.510. The largest absolute Gasteiger partial charge is 0.459 e. The van der Waals surface area contributed by atoms with E-state index in [4.69, 9.17) is 38.4 Å². The van der Waals surface area contributed by atoms with Gasteiger partial charge >= 0.3 is 0 Å². The molecule has 0 bridgehead atoms. The zero-order valence-electron chi connectivity index (χ0n) is 36.4. The smallest absolute Gasteiger partial charge is 0.239 e. The first-order valence-electron chi connectivity index (χ1n) is 23.2. The van der Waals surface area contributed by atoms with Crippen molar-refractivity contribution < 1.29 is 53.1 Å². The molecule has 0 spiro atoms. The Morgan fingerprint density at radius 3 is 2.52 bits per heavy atom. The van der Waals surface area contributed by atoms with Crippen LogP contribution in [0, 0.1) is 23.7 Å². The van der Waals surface area contributed by atoms with E-state index >= 15 is 0 Å². The first-order valence-corrected chi connectivity index (χ1v) is 23.2. The molecule has 1 unspecified atom stereocenters. The highest BCUT2D eigenvalue weighted by atomic mass is 16.8. The monoisotopic (exact) mass is 876 g/mol. The molecule has 13 heteroatoms. The van der Waals surface area contributed by atoms with Crippen LogP contribution < -0.4 is 18.9 Å². The fourth-order valence-corrected chi connectivity index (χ4v) is 10.6. The molecule has 6 aliphatic rings. The van der Waals surface area contributed by atoms with Crippen molar-refractivity contribution in [2.45, 2.75) is 108 Å². The number of ether oxygens (including phenoxy) is 6. The molecule has 1 amide bonds. The van der Waals surface area contributed by atoms with Gasteiger partial charge in [-0.15, -0.1) is 6.58 Å². The molecule has 3 aliphatic heterocycles. The SMILES string of the molecule is C=CCO[C@@]12Oc3ccc(Oc4cccc(C=O)c4)cc3[C@H]3[C@H](CCCCO)[C@@H](CCCCO)C=C(C(=NOC4CCCCO4)C[C@@H]1N(Cc1ccc4c(c1)OCO4)C(=O)C1CC1)[C@H]32. The Morgan fingerprint density at radius 1 is 0.922 bits per heavy atom. The van der Waals surface area contributed by atoms with Gasteiger partial charge in [-0.2, -0.15) is 0 Å². The normalized spacial score (nSPS) is 27.1. The number of oxime groups is 1. The zero-order valence-corrected chi connectivity index (χ0v) is 36.4. The quantitative estimate of drug-likeness (QED) is 0.0485. The van der Waals surface area contributed by atoms with E-state index in [2.05, 4.69) is 12.7 Å². The van der Waals surface area contributed by atoms with Crippen LogP contribution in [0.15, 0.2) is 90.1 Å². The third-order valence-corrected chi connectivity index (χ3v) is 13.7. The van der Waals surface area contributed by atoms with Gasteiger partial charge in [0.25, 0.3) is 0 Å². The Labute approximate surface area is 374 Å². The van der Waals surface area contributed by atoms with Crippen molar-refractivity contribution in [1.29, 1.82) is 0 Å². The first kappa shape index (κ1) is 44.0. The topological polar surface area (TPSA) is 155 Å². The molecule has 3 aliphatic carbocycles. The van der Waals surface area contributed by atoms with Crippen LogP contribution in [0.25, 0.3) is 0 Å². The van der Waals surface area contributed by atoms with E-state index in [-0.39, 0.29) is 69.2 Å². The highest BCUT2D eigenvalue weighted by Gasteiger charge is 2.66. The number of aldehydes is 1. The minimum absolute atomic E-state index is 0.0250. The van der Waals surface area contributed by atoms with E-state index in [1.165, 1.54) is 0 Å². The van der Waals surface area contributed by atoms with Crippen molar-refractivity contribution in [1.82, 2.24) is 4.90 Å². The van der Waals surface area contributed by atoms with Gasteiger partial charge in [0.05, 0.1) is 24.8 Å². The molecule has 3 fully saturated rings. The van der Waals surface area contributed by atoms with E-state index in [9.17, 15) is 19.8 Å². The molecule has 2 N–H and O–H groups in total. The number of carbonyl (C=O) groups is 2. The lowest BCUT2D eigenvalue weighted by atomic mass is 9.55. The highest BCUT2D eigenvalue weighted by Crippen LogP contribution is 2.62. The summed E-state index contributed by atoms with van der Waals surface area (Å²) in [7, 11) is 0. The molecule has 13 nitrogen and oxygen atoms in total. The van der Waals surface area contributed by atoms with Crippen molar-refractivity contribution in [3.05, 3.63) is 102 Å². The standard InChI is InChI=1S/C51H60N2O11/c1-2-23-61-51-46(53(50(57)35-16-17-35)30-33-15-19-44-45(26-33)60-32-59-44)29-42(52-64-47-14-5-8-24-58-47)40-27-36(11-3-6-21-54)39(13-4-7-22-55)48(49(40)51)41-28-38(18-20-43(41)63-51)62-37-12-9-10-34(25-37)31-56/h2,9-10,12,15,18-20,25-28,31,35-36,39,46-49,54-55H,1,3-8,11,13-14,16-17,21-24,29-30,32H2/t36-,39+,46-,47?,48+,49+,51+/m0/s1. The first-order chi connectivity index (χ1) is 31.4. The number of hydrogen-bond acceptors (Lipinski definition) is 12. The maximum Gasteiger partial charge on any atom is 0.239 e. The summed E-state index contributed by atoms with van der Waals surface area (Å²) in [6.45, 7) is 5.41. The molecule has 1 saturated heterocycles. The van der Waals surface area contributed by atoms with Crippen molar-refractivity contribution in [3.63, 3.8) is 0 Å². The summed E-state index contributed by atoms with van der Waals surface area (Å²) in [6, 6.07) is 18.0. The summed E-state index contributed by atoms with van der Waals surface area (Å²) in [5.41, 5.74) is 3.99. The van der Waals surface area contributed by atoms with E-state index < -0.39 is 24.0 Å². The Morgan fingerprint density at radius 2 is 1.73 bits per heavy atom.